The summed E-state index contributed by atoms with van der Waals surface area (Å²) >= 11 is 0. The molecule has 0 radical (unpaired) electrons. The smallest absolute Gasteiger partial charge is 0.331 e. The van der Waals surface area contributed by atoms with Crippen molar-refractivity contribution in [2.24, 2.45) is 0 Å². The predicted octanol–water partition coefficient (Wildman–Crippen LogP) is 4.05. The molecule has 0 aliphatic carbocycles. The van der Waals surface area contributed by atoms with E-state index in [2.05, 4.69) is 39.0 Å². The molecule has 1 aromatic rings. The molecule has 0 unspecified atom stereocenters. The summed E-state index contributed by atoms with van der Waals surface area (Å²) in [4.78, 5) is 11.2. The highest BCUT2D eigenvalue weighted by Gasteiger charge is 2.36. The molecule has 0 fully saturated rings. The molecule has 0 bridgehead atoms. The molecule has 1 N–H and O–H groups in total. The van der Waals surface area contributed by atoms with Crippen LogP contribution >= 0.6 is 0 Å². The van der Waals surface area contributed by atoms with Gasteiger partial charge in [0.1, 0.15) is 0 Å². The maximum Gasteiger partial charge on any atom is 0.331 e. The zero-order valence-corrected chi connectivity index (χ0v) is 16.6. The average molecular weight is 341 g/mol. The van der Waals surface area contributed by atoms with Gasteiger partial charge in [-0.05, 0) is 57.3 Å². The van der Waals surface area contributed by atoms with E-state index >= 15 is 0 Å². The molecule has 0 atom stereocenters. The Bertz CT molecular complexity index is 530. The Morgan fingerprint density at radius 1 is 1.26 bits per heavy atom. The lowest BCUT2D eigenvalue weighted by Gasteiger charge is -2.36. The van der Waals surface area contributed by atoms with Crippen LogP contribution in [0.1, 0.15) is 53.2 Å². The zero-order valence-electron chi connectivity index (χ0n) is 15.6. The third-order valence-electron chi connectivity index (χ3n) is 4.84. The number of aromatic nitrogens is 2. The third-order valence-corrected chi connectivity index (χ3v) is 9.37. The monoisotopic (exact) mass is 340 g/mol. The van der Waals surface area contributed by atoms with Gasteiger partial charge in [-0.15, -0.1) is 0 Å². The second kappa shape index (κ2) is 7.17. The lowest BCUT2D eigenvalue weighted by Crippen LogP contribution is -2.40. The predicted molar refractivity (Wildman–Crippen MR) is 95.3 cm³/mol. The molecular formula is C17H32N2O3Si. The van der Waals surface area contributed by atoms with Crippen molar-refractivity contribution in [3.8, 4) is 0 Å². The number of hydrogen-bond acceptors (Lipinski definition) is 3. The van der Waals surface area contributed by atoms with Crippen LogP contribution in [0, 0.1) is 0 Å². The van der Waals surface area contributed by atoms with Crippen LogP contribution in [0.3, 0.4) is 0 Å². The molecule has 0 aliphatic rings. The van der Waals surface area contributed by atoms with E-state index in [1.807, 2.05) is 6.07 Å². The summed E-state index contributed by atoms with van der Waals surface area (Å²) in [7, 11) is -1.65. The number of nitrogens with zero attached hydrogens (tertiary/aromatic N) is 2. The van der Waals surface area contributed by atoms with E-state index < -0.39 is 19.8 Å². The van der Waals surface area contributed by atoms with Crippen molar-refractivity contribution >= 4 is 14.3 Å². The summed E-state index contributed by atoms with van der Waals surface area (Å²) in [5.41, 5.74) is -0.0735. The minimum absolute atomic E-state index is 0.244. The molecule has 1 aromatic heterocycles. The normalized spacial score (nSPS) is 13.3. The quantitative estimate of drug-likeness (QED) is 0.573. The van der Waals surface area contributed by atoms with Gasteiger partial charge < -0.3 is 9.53 Å². The maximum atomic E-state index is 11.2. The van der Waals surface area contributed by atoms with Gasteiger partial charge >= 0.3 is 5.97 Å². The van der Waals surface area contributed by atoms with Crippen LogP contribution < -0.4 is 0 Å². The van der Waals surface area contributed by atoms with E-state index in [4.69, 9.17) is 4.43 Å². The molecule has 0 saturated heterocycles. The Balaban J connectivity index is 2.41. The molecule has 0 aliphatic heterocycles. The summed E-state index contributed by atoms with van der Waals surface area (Å²) in [6.07, 6.45) is 4.60. The number of unbranched alkanes of at least 4 members (excludes halogenated alkanes) is 1. The minimum atomic E-state index is -1.65. The second-order valence-corrected chi connectivity index (χ2v) is 13.0. The number of carboxylic acid groups (broad SMARTS) is 1. The minimum Gasteiger partial charge on any atom is -0.479 e. The number of carbonyl (C=O) groups is 1. The van der Waals surface area contributed by atoms with Gasteiger partial charge in [0.2, 0.25) is 0 Å². The van der Waals surface area contributed by atoms with E-state index in [9.17, 15) is 9.90 Å². The first-order valence-corrected chi connectivity index (χ1v) is 11.2. The van der Waals surface area contributed by atoms with Gasteiger partial charge in [-0.2, -0.15) is 5.10 Å². The van der Waals surface area contributed by atoms with Crippen LogP contribution in [-0.2, 0) is 21.2 Å². The lowest BCUT2D eigenvalue weighted by atomic mass is 10.1. The third kappa shape index (κ3) is 5.17. The number of carboxylic acids is 1. The summed E-state index contributed by atoms with van der Waals surface area (Å²) in [5.74, 6) is -0.880. The Morgan fingerprint density at radius 3 is 2.39 bits per heavy atom. The summed E-state index contributed by atoms with van der Waals surface area (Å²) in [5, 5.41) is 13.9. The molecule has 1 heterocycles. The molecule has 0 amide bonds. The van der Waals surface area contributed by atoms with Crippen LogP contribution in [0.4, 0.5) is 0 Å². The Hall–Kier alpha value is -1.14. The van der Waals surface area contributed by atoms with Crippen molar-refractivity contribution in [3.63, 3.8) is 0 Å². The van der Waals surface area contributed by atoms with Crippen LogP contribution in [0.5, 0.6) is 0 Å². The van der Waals surface area contributed by atoms with Crippen molar-refractivity contribution in [1.29, 1.82) is 0 Å². The summed E-state index contributed by atoms with van der Waals surface area (Å²) in [6.45, 7) is 15.4. The van der Waals surface area contributed by atoms with Crippen LogP contribution in [0.15, 0.2) is 12.3 Å². The van der Waals surface area contributed by atoms with Gasteiger partial charge in [0, 0.05) is 12.8 Å². The molecule has 6 heteroatoms. The average Bonchev–Trinajstić information content (AvgIpc) is 2.86. The summed E-state index contributed by atoms with van der Waals surface area (Å²) < 4.78 is 7.68. The topological polar surface area (TPSA) is 64.3 Å². The molecule has 5 nitrogen and oxygen atoms in total. The largest absolute Gasteiger partial charge is 0.479 e. The Kier molecular flexibility index (Phi) is 6.21. The fourth-order valence-electron chi connectivity index (χ4n) is 1.86. The summed E-state index contributed by atoms with van der Waals surface area (Å²) in [6, 6.07) is 1.90. The van der Waals surface area contributed by atoms with Crippen molar-refractivity contribution < 1.29 is 14.3 Å². The fourth-order valence-corrected chi connectivity index (χ4v) is 2.94. The van der Waals surface area contributed by atoms with Gasteiger partial charge in [-0.3, -0.25) is 4.68 Å². The van der Waals surface area contributed by atoms with Crippen LogP contribution in [0.2, 0.25) is 18.1 Å². The lowest BCUT2D eigenvalue weighted by molar-refractivity contribution is -0.146. The Labute approximate surface area is 141 Å². The van der Waals surface area contributed by atoms with E-state index in [0.717, 1.165) is 31.6 Å². The van der Waals surface area contributed by atoms with E-state index in [0.29, 0.717) is 0 Å². The molecule has 1 rings (SSSR count). The highest BCUT2D eigenvalue weighted by atomic mass is 28.4. The molecule has 0 saturated carbocycles. The SMILES string of the molecule is CC(C)(C(=O)O)n1ccc(CCCCO[Si](C)(C)C(C)(C)C)n1. The molecule has 0 aromatic carbocycles. The standard InChI is InChI=1S/C17H32N2O3Si/c1-16(2,3)23(6,7)22-13-9-8-10-14-11-12-19(18-14)17(4,5)15(20)21/h11-12H,8-10,13H2,1-7H3,(H,20,21). The first-order chi connectivity index (χ1) is 10.4. The Morgan fingerprint density at radius 2 is 1.87 bits per heavy atom. The molecule has 23 heavy (non-hydrogen) atoms. The van der Waals surface area contributed by atoms with Gasteiger partial charge in [-0.1, -0.05) is 20.8 Å². The van der Waals surface area contributed by atoms with E-state index in [-0.39, 0.29) is 5.04 Å². The van der Waals surface area contributed by atoms with Crippen molar-refractivity contribution in [1.82, 2.24) is 9.78 Å². The first-order valence-electron chi connectivity index (χ1n) is 8.30. The zero-order chi connectivity index (χ0) is 17.9. The van der Waals surface area contributed by atoms with Gasteiger partial charge in [0.15, 0.2) is 13.9 Å². The van der Waals surface area contributed by atoms with Crippen LogP contribution in [-0.4, -0.2) is 35.8 Å². The van der Waals surface area contributed by atoms with Crippen LogP contribution in [0.25, 0.3) is 0 Å². The van der Waals surface area contributed by atoms with Crippen molar-refractivity contribution in [3.05, 3.63) is 18.0 Å². The van der Waals surface area contributed by atoms with E-state index in [1.54, 1.807) is 20.0 Å². The highest BCUT2D eigenvalue weighted by molar-refractivity contribution is 6.74. The number of rotatable bonds is 8. The first kappa shape index (κ1) is 19.9. The highest BCUT2D eigenvalue weighted by Crippen LogP contribution is 2.36. The van der Waals surface area contributed by atoms with Gasteiger partial charge in [-0.25, -0.2) is 4.79 Å². The maximum absolute atomic E-state index is 11.2. The fraction of sp³-hybridized carbons (Fsp3) is 0.765. The van der Waals surface area contributed by atoms with Gasteiger partial charge in [0.25, 0.3) is 0 Å². The van der Waals surface area contributed by atoms with E-state index in [1.165, 1.54) is 4.68 Å². The molecule has 0 spiro atoms. The second-order valence-electron chi connectivity index (χ2n) is 8.18. The molecular weight excluding hydrogens is 308 g/mol. The van der Waals surface area contributed by atoms with Crippen molar-refractivity contribution in [2.75, 3.05) is 6.61 Å². The van der Waals surface area contributed by atoms with Gasteiger partial charge in [0.05, 0.1) is 5.69 Å². The van der Waals surface area contributed by atoms with Crippen molar-refractivity contribution in [2.45, 2.75) is 77.6 Å². The number of aryl methyl sites for hydroxylation is 1. The molecule has 132 valence electrons. The number of aliphatic carboxylic acids is 1. The number of hydrogen-bond donors (Lipinski definition) is 1.